The molecule has 2 aromatic rings. The van der Waals surface area contributed by atoms with E-state index in [1.807, 2.05) is 59.5 Å². The number of benzene rings is 2. The Hall–Kier alpha value is -2.27. The van der Waals surface area contributed by atoms with E-state index < -0.39 is 0 Å². The van der Waals surface area contributed by atoms with E-state index in [4.69, 9.17) is 0 Å². The summed E-state index contributed by atoms with van der Waals surface area (Å²) in [5.74, 6) is 0.995. The fourth-order valence-electron chi connectivity index (χ4n) is 3.18. The second-order valence-corrected chi connectivity index (χ2v) is 7.40. The van der Waals surface area contributed by atoms with Crippen LogP contribution in [0.5, 0.6) is 0 Å². The fraction of sp³-hybridized carbons (Fsp3) is 0.333. The standard InChI is InChI=1S/C21H24N2O2S/c1-26-15-16-7-9-18(10-8-16)21(25)23-13-11-19(12-14-23)22-20(24)17-5-3-2-4-6-17/h2-10,19H,11-15H2,1H3,(H,22,24). The molecule has 0 aromatic heterocycles. The summed E-state index contributed by atoms with van der Waals surface area (Å²) in [6.45, 7) is 1.34. The lowest BCUT2D eigenvalue weighted by Crippen LogP contribution is -2.46. The molecule has 0 saturated carbocycles. The lowest BCUT2D eigenvalue weighted by atomic mass is 10.0. The molecule has 1 aliphatic heterocycles. The molecule has 1 heterocycles. The summed E-state index contributed by atoms with van der Waals surface area (Å²) < 4.78 is 0. The van der Waals surface area contributed by atoms with E-state index in [9.17, 15) is 9.59 Å². The second-order valence-electron chi connectivity index (χ2n) is 6.54. The molecular formula is C21H24N2O2S. The maximum absolute atomic E-state index is 12.7. The molecule has 26 heavy (non-hydrogen) atoms. The van der Waals surface area contributed by atoms with Crippen molar-refractivity contribution in [2.24, 2.45) is 0 Å². The van der Waals surface area contributed by atoms with Crippen LogP contribution >= 0.6 is 11.8 Å². The van der Waals surface area contributed by atoms with E-state index >= 15 is 0 Å². The number of carbonyl (C=O) groups excluding carboxylic acids is 2. The SMILES string of the molecule is CSCc1ccc(C(=O)N2CCC(NC(=O)c3ccccc3)CC2)cc1. The van der Waals surface area contributed by atoms with Gasteiger partial charge in [-0.3, -0.25) is 9.59 Å². The number of nitrogens with one attached hydrogen (secondary N) is 1. The van der Waals surface area contributed by atoms with Crippen molar-refractivity contribution in [1.29, 1.82) is 0 Å². The maximum atomic E-state index is 12.7. The van der Waals surface area contributed by atoms with Crippen LogP contribution in [0.25, 0.3) is 0 Å². The number of rotatable bonds is 5. The van der Waals surface area contributed by atoms with Crippen LogP contribution in [0.15, 0.2) is 54.6 Å². The number of nitrogens with zero attached hydrogens (tertiary/aromatic N) is 1. The van der Waals surface area contributed by atoms with Crippen LogP contribution in [-0.2, 0) is 5.75 Å². The Balaban J connectivity index is 1.51. The third kappa shape index (κ3) is 4.67. The van der Waals surface area contributed by atoms with Gasteiger partial charge in [0.25, 0.3) is 11.8 Å². The Labute approximate surface area is 159 Å². The molecule has 3 rings (SSSR count). The molecule has 2 amide bonds. The third-order valence-corrected chi connectivity index (χ3v) is 5.29. The van der Waals surface area contributed by atoms with E-state index in [0.29, 0.717) is 18.7 Å². The first-order chi connectivity index (χ1) is 12.7. The van der Waals surface area contributed by atoms with Crippen LogP contribution < -0.4 is 5.32 Å². The van der Waals surface area contributed by atoms with Gasteiger partial charge in [-0.1, -0.05) is 30.3 Å². The van der Waals surface area contributed by atoms with Gasteiger partial charge in [-0.15, -0.1) is 0 Å². The summed E-state index contributed by atoms with van der Waals surface area (Å²) in [6.07, 6.45) is 3.64. The van der Waals surface area contributed by atoms with Crippen LogP contribution in [0.3, 0.4) is 0 Å². The van der Waals surface area contributed by atoms with Crippen molar-refractivity contribution in [1.82, 2.24) is 10.2 Å². The Bertz CT molecular complexity index is 738. The molecule has 0 atom stereocenters. The van der Waals surface area contributed by atoms with Crippen molar-refractivity contribution in [3.8, 4) is 0 Å². The van der Waals surface area contributed by atoms with Crippen LogP contribution in [0.2, 0.25) is 0 Å². The van der Waals surface area contributed by atoms with E-state index in [0.717, 1.165) is 24.2 Å². The monoisotopic (exact) mass is 368 g/mol. The Morgan fingerprint density at radius 3 is 2.27 bits per heavy atom. The minimum Gasteiger partial charge on any atom is -0.349 e. The van der Waals surface area contributed by atoms with Gasteiger partial charge in [-0.2, -0.15) is 11.8 Å². The van der Waals surface area contributed by atoms with Crippen molar-refractivity contribution >= 4 is 23.6 Å². The van der Waals surface area contributed by atoms with E-state index in [-0.39, 0.29) is 17.9 Å². The molecule has 1 aliphatic rings. The quantitative estimate of drug-likeness (QED) is 0.877. The highest BCUT2D eigenvalue weighted by Crippen LogP contribution is 2.16. The third-order valence-electron chi connectivity index (χ3n) is 4.67. The first kappa shape index (κ1) is 18.5. The number of hydrogen-bond donors (Lipinski definition) is 1. The molecule has 5 heteroatoms. The number of piperidine rings is 1. The number of likely N-dealkylation sites (tertiary alicyclic amines) is 1. The smallest absolute Gasteiger partial charge is 0.253 e. The van der Waals surface area contributed by atoms with Gasteiger partial charge in [0.2, 0.25) is 0 Å². The second kappa shape index (κ2) is 8.90. The predicted octanol–water partition coefficient (Wildman–Crippen LogP) is 3.58. The highest BCUT2D eigenvalue weighted by Gasteiger charge is 2.24. The number of carbonyl (C=O) groups is 2. The molecule has 0 aliphatic carbocycles. The van der Waals surface area contributed by atoms with Gasteiger partial charge >= 0.3 is 0 Å². The van der Waals surface area contributed by atoms with Crippen LogP contribution in [0.1, 0.15) is 39.1 Å². The van der Waals surface area contributed by atoms with Gasteiger partial charge in [0, 0.05) is 36.0 Å². The van der Waals surface area contributed by atoms with Crippen molar-refractivity contribution in [2.45, 2.75) is 24.6 Å². The fourth-order valence-corrected chi connectivity index (χ4v) is 3.70. The van der Waals surface area contributed by atoms with Crippen molar-refractivity contribution < 1.29 is 9.59 Å². The zero-order valence-corrected chi connectivity index (χ0v) is 15.8. The minimum absolute atomic E-state index is 0.0419. The number of thioether (sulfide) groups is 1. The summed E-state index contributed by atoms with van der Waals surface area (Å²) in [7, 11) is 0. The molecule has 1 N–H and O–H groups in total. The van der Waals surface area contributed by atoms with Gasteiger partial charge in [-0.25, -0.2) is 0 Å². The molecule has 2 aromatic carbocycles. The Kier molecular flexibility index (Phi) is 6.34. The normalized spacial score (nSPS) is 14.9. The van der Waals surface area contributed by atoms with Crippen LogP contribution in [-0.4, -0.2) is 42.1 Å². The molecule has 0 spiro atoms. The van der Waals surface area contributed by atoms with Gasteiger partial charge < -0.3 is 10.2 Å². The predicted molar refractivity (Wildman–Crippen MR) is 106 cm³/mol. The highest BCUT2D eigenvalue weighted by molar-refractivity contribution is 7.97. The molecular weight excluding hydrogens is 344 g/mol. The average Bonchev–Trinajstić information content (AvgIpc) is 2.69. The van der Waals surface area contributed by atoms with Crippen molar-refractivity contribution in [2.75, 3.05) is 19.3 Å². The first-order valence-electron chi connectivity index (χ1n) is 8.90. The molecule has 0 bridgehead atoms. The van der Waals surface area contributed by atoms with E-state index in [2.05, 4.69) is 11.6 Å². The van der Waals surface area contributed by atoms with Crippen molar-refractivity contribution in [3.05, 3.63) is 71.3 Å². The van der Waals surface area contributed by atoms with Crippen LogP contribution in [0, 0.1) is 0 Å². The Morgan fingerprint density at radius 2 is 1.65 bits per heavy atom. The number of amides is 2. The summed E-state index contributed by atoms with van der Waals surface area (Å²) in [5, 5.41) is 3.08. The summed E-state index contributed by atoms with van der Waals surface area (Å²) in [6, 6.07) is 17.2. The molecule has 4 nitrogen and oxygen atoms in total. The van der Waals surface area contributed by atoms with Gasteiger partial charge in [0.05, 0.1) is 0 Å². The molecule has 136 valence electrons. The summed E-state index contributed by atoms with van der Waals surface area (Å²) in [4.78, 5) is 26.8. The molecule has 1 fully saturated rings. The van der Waals surface area contributed by atoms with Crippen molar-refractivity contribution in [3.63, 3.8) is 0 Å². The summed E-state index contributed by atoms with van der Waals surface area (Å²) >= 11 is 1.77. The van der Waals surface area contributed by atoms with E-state index in [1.54, 1.807) is 11.8 Å². The highest BCUT2D eigenvalue weighted by atomic mass is 32.2. The van der Waals surface area contributed by atoms with Crippen LogP contribution in [0.4, 0.5) is 0 Å². The lowest BCUT2D eigenvalue weighted by Gasteiger charge is -2.32. The summed E-state index contributed by atoms with van der Waals surface area (Å²) in [5.41, 5.74) is 2.65. The largest absolute Gasteiger partial charge is 0.349 e. The maximum Gasteiger partial charge on any atom is 0.253 e. The van der Waals surface area contributed by atoms with Gasteiger partial charge in [-0.05, 0) is 48.9 Å². The minimum atomic E-state index is -0.0419. The van der Waals surface area contributed by atoms with Gasteiger partial charge in [0.1, 0.15) is 0 Å². The average molecular weight is 369 g/mol. The first-order valence-corrected chi connectivity index (χ1v) is 10.3. The zero-order chi connectivity index (χ0) is 18.4. The molecule has 0 unspecified atom stereocenters. The zero-order valence-electron chi connectivity index (χ0n) is 15.0. The Morgan fingerprint density at radius 1 is 1.00 bits per heavy atom. The molecule has 1 saturated heterocycles. The van der Waals surface area contributed by atoms with E-state index in [1.165, 1.54) is 5.56 Å². The molecule has 0 radical (unpaired) electrons. The lowest BCUT2D eigenvalue weighted by molar-refractivity contribution is 0.0698. The van der Waals surface area contributed by atoms with Gasteiger partial charge in [0.15, 0.2) is 0 Å². The topological polar surface area (TPSA) is 49.4 Å². The number of hydrogen-bond acceptors (Lipinski definition) is 3.